The van der Waals surface area contributed by atoms with Gasteiger partial charge < -0.3 is 4.90 Å². The normalized spacial score (nSPS) is 18.3. The lowest BCUT2D eigenvalue weighted by Gasteiger charge is -2.28. The molecule has 154 valence electrons. The largest absolute Gasteiger partial charge is 0.372 e. The number of anilines is 1. The lowest BCUT2D eigenvalue weighted by atomic mass is 10.1. The van der Waals surface area contributed by atoms with Crippen molar-refractivity contribution in [2.45, 2.75) is 25.8 Å². The number of nitro benzene ring substituents is 1. The minimum absolute atomic E-state index is 0.103. The van der Waals surface area contributed by atoms with Crippen molar-refractivity contribution in [3.05, 3.63) is 74.7 Å². The monoisotopic (exact) mass is 423 g/mol. The third kappa shape index (κ3) is 4.23. The van der Waals surface area contributed by atoms with Gasteiger partial charge in [-0.25, -0.2) is 0 Å². The molecule has 2 aliphatic heterocycles. The van der Waals surface area contributed by atoms with Crippen LogP contribution in [0.15, 0.2) is 53.4 Å². The fourth-order valence-corrected chi connectivity index (χ4v) is 4.55. The molecular formula is C22H21N3O4S. The van der Waals surface area contributed by atoms with E-state index in [-0.39, 0.29) is 12.2 Å². The van der Waals surface area contributed by atoms with Crippen LogP contribution in [0.3, 0.4) is 0 Å². The van der Waals surface area contributed by atoms with Crippen molar-refractivity contribution in [1.29, 1.82) is 0 Å². The van der Waals surface area contributed by atoms with E-state index in [0.717, 1.165) is 41.0 Å². The number of thioether (sulfide) groups is 1. The Kier molecular flexibility index (Phi) is 5.85. The molecule has 2 amide bonds. The highest BCUT2D eigenvalue weighted by Gasteiger charge is 2.36. The Morgan fingerprint density at radius 3 is 2.40 bits per heavy atom. The Bertz CT molecular complexity index is 1010. The number of nitrogens with zero attached hydrogens (tertiary/aromatic N) is 3. The number of nitro groups is 1. The Hall–Kier alpha value is -3.13. The number of amides is 2. The Morgan fingerprint density at radius 2 is 1.70 bits per heavy atom. The van der Waals surface area contributed by atoms with E-state index in [0.29, 0.717) is 10.5 Å². The second kappa shape index (κ2) is 8.71. The highest BCUT2D eigenvalue weighted by molar-refractivity contribution is 8.18. The molecule has 7 nitrogen and oxygen atoms in total. The number of para-hydroxylation sites is 1. The first-order valence-corrected chi connectivity index (χ1v) is 10.7. The van der Waals surface area contributed by atoms with Crippen LogP contribution in [-0.4, -0.2) is 34.1 Å². The summed E-state index contributed by atoms with van der Waals surface area (Å²) >= 11 is 0.861. The Morgan fingerprint density at radius 1 is 1.00 bits per heavy atom. The fraction of sp³-hybridized carbons (Fsp3) is 0.273. The topological polar surface area (TPSA) is 83.8 Å². The summed E-state index contributed by atoms with van der Waals surface area (Å²) in [6, 6.07) is 14.1. The predicted octanol–water partition coefficient (Wildman–Crippen LogP) is 4.82. The molecule has 0 atom stereocenters. The smallest absolute Gasteiger partial charge is 0.293 e. The van der Waals surface area contributed by atoms with E-state index in [1.165, 1.54) is 25.3 Å². The molecule has 0 saturated carbocycles. The fourth-order valence-electron chi connectivity index (χ4n) is 3.71. The van der Waals surface area contributed by atoms with Gasteiger partial charge in [0.25, 0.3) is 16.8 Å². The minimum atomic E-state index is -0.506. The summed E-state index contributed by atoms with van der Waals surface area (Å²) in [5.74, 6) is -0.428. The summed E-state index contributed by atoms with van der Waals surface area (Å²) < 4.78 is 0. The molecule has 4 rings (SSSR count). The summed E-state index contributed by atoms with van der Waals surface area (Å²) in [5.41, 5.74) is 2.23. The molecule has 2 heterocycles. The SMILES string of the molecule is O=C1S/C(=C\c2ccc(N3CCCCC3)cc2)C(=O)N1Cc1ccccc1[N+](=O)[O-]. The molecule has 0 unspecified atom stereocenters. The molecule has 0 bridgehead atoms. The molecular weight excluding hydrogens is 402 g/mol. The Balaban J connectivity index is 1.50. The lowest BCUT2D eigenvalue weighted by Crippen LogP contribution is -2.29. The molecule has 0 aliphatic carbocycles. The van der Waals surface area contributed by atoms with Crippen LogP contribution in [0, 0.1) is 10.1 Å². The maximum absolute atomic E-state index is 12.8. The number of rotatable bonds is 5. The first-order valence-electron chi connectivity index (χ1n) is 9.85. The van der Waals surface area contributed by atoms with Crippen molar-refractivity contribution in [3.63, 3.8) is 0 Å². The van der Waals surface area contributed by atoms with Crippen molar-refractivity contribution >= 4 is 40.4 Å². The number of piperidine rings is 1. The van der Waals surface area contributed by atoms with E-state index in [1.54, 1.807) is 24.3 Å². The van der Waals surface area contributed by atoms with Crippen molar-refractivity contribution in [1.82, 2.24) is 4.90 Å². The van der Waals surface area contributed by atoms with Crippen LogP contribution in [0.25, 0.3) is 6.08 Å². The van der Waals surface area contributed by atoms with E-state index >= 15 is 0 Å². The summed E-state index contributed by atoms with van der Waals surface area (Å²) in [4.78, 5) is 39.6. The molecule has 30 heavy (non-hydrogen) atoms. The second-order valence-corrected chi connectivity index (χ2v) is 8.29. The molecule has 2 aromatic carbocycles. The van der Waals surface area contributed by atoms with Gasteiger partial charge in [0.1, 0.15) is 0 Å². The summed E-state index contributed by atoms with van der Waals surface area (Å²) in [7, 11) is 0. The zero-order chi connectivity index (χ0) is 21.1. The van der Waals surface area contributed by atoms with Crippen LogP contribution >= 0.6 is 11.8 Å². The van der Waals surface area contributed by atoms with Crippen LogP contribution in [0.1, 0.15) is 30.4 Å². The van der Waals surface area contributed by atoms with E-state index in [1.807, 2.05) is 24.3 Å². The van der Waals surface area contributed by atoms with Gasteiger partial charge in [0.05, 0.1) is 16.4 Å². The highest BCUT2D eigenvalue weighted by Crippen LogP contribution is 2.34. The number of carbonyl (C=O) groups is 2. The second-order valence-electron chi connectivity index (χ2n) is 7.29. The average molecular weight is 423 g/mol. The minimum Gasteiger partial charge on any atom is -0.372 e. The quantitative estimate of drug-likeness (QED) is 0.389. The van der Waals surface area contributed by atoms with E-state index < -0.39 is 16.1 Å². The molecule has 2 fully saturated rings. The number of benzene rings is 2. The van der Waals surface area contributed by atoms with Gasteiger partial charge in [-0.15, -0.1) is 0 Å². The van der Waals surface area contributed by atoms with Crippen molar-refractivity contribution < 1.29 is 14.5 Å². The number of imide groups is 1. The Labute approximate surface area is 178 Å². The molecule has 8 heteroatoms. The van der Waals surface area contributed by atoms with E-state index in [9.17, 15) is 19.7 Å². The molecule has 2 aliphatic rings. The zero-order valence-electron chi connectivity index (χ0n) is 16.3. The molecule has 0 aromatic heterocycles. The molecule has 0 radical (unpaired) electrons. The van der Waals surface area contributed by atoms with Crippen molar-refractivity contribution in [3.8, 4) is 0 Å². The maximum atomic E-state index is 12.8. The predicted molar refractivity (Wildman–Crippen MR) is 117 cm³/mol. The number of hydrogen-bond acceptors (Lipinski definition) is 6. The van der Waals surface area contributed by atoms with Gasteiger partial charge in [0.2, 0.25) is 0 Å². The first-order chi connectivity index (χ1) is 14.5. The van der Waals surface area contributed by atoms with E-state index in [4.69, 9.17) is 0 Å². The first kappa shape index (κ1) is 20.2. The van der Waals surface area contributed by atoms with Crippen LogP contribution in [0.4, 0.5) is 16.2 Å². The van der Waals surface area contributed by atoms with Crippen LogP contribution in [-0.2, 0) is 11.3 Å². The molecule has 2 saturated heterocycles. The zero-order valence-corrected chi connectivity index (χ0v) is 17.1. The van der Waals surface area contributed by atoms with E-state index in [2.05, 4.69) is 4.90 Å². The van der Waals surface area contributed by atoms with Gasteiger partial charge in [-0.1, -0.05) is 30.3 Å². The van der Waals surface area contributed by atoms with Crippen LogP contribution in [0.5, 0.6) is 0 Å². The van der Waals surface area contributed by atoms with Gasteiger partial charge in [-0.3, -0.25) is 24.6 Å². The molecule has 0 spiro atoms. The summed E-state index contributed by atoms with van der Waals surface area (Å²) in [5, 5.41) is 10.8. The average Bonchev–Trinajstić information content (AvgIpc) is 3.02. The third-order valence-corrected chi connectivity index (χ3v) is 6.21. The van der Waals surface area contributed by atoms with Crippen LogP contribution < -0.4 is 4.90 Å². The maximum Gasteiger partial charge on any atom is 0.293 e. The van der Waals surface area contributed by atoms with Crippen LogP contribution in [0.2, 0.25) is 0 Å². The third-order valence-electron chi connectivity index (χ3n) is 5.30. The van der Waals surface area contributed by atoms with Gasteiger partial charge >= 0.3 is 0 Å². The number of hydrogen-bond donors (Lipinski definition) is 0. The highest BCUT2D eigenvalue weighted by atomic mass is 32.2. The summed E-state index contributed by atoms with van der Waals surface area (Å²) in [6.45, 7) is 2.00. The molecule has 0 N–H and O–H groups in total. The van der Waals surface area contributed by atoms with Gasteiger partial charge in [0, 0.05) is 30.4 Å². The lowest BCUT2D eigenvalue weighted by molar-refractivity contribution is -0.385. The number of carbonyl (C=O) groups excluding carboxylic acids is 2. The van der Waals surface area contributed by atoms with Gasteiger partial charge in [-0.2, -0.15) is 0 Å². The standard InChI is InChI=1S/C22H21N3O4S/c26-21-20(14-16-8-10-18(11-9-16)23-12-4-1-5-13-23)30-22(27)24(21)15-17-6-2-3-7-19(17)25(28)29/h2-3,6-11,14H,1,4-5,12-13,15H2/b20-14-. The van der Waals surface area contributed by atoms with Crippen molar-refractivity contribution in [2.75, 3.05) is 18.0 Å². The van der Waals surface area contributed by atoms with Crippen molar-refractivity contribution in [2.24, 2.45) is 0 Å². The van der Waals surface area contributed by atoms with Gasteiger partial charge in [-0.05, 0) is 54.8 Å². The molecule has 2 aromatic rings. The summed E-state index contributed by atoms with van der Waals surface area (Å²) in [6.07, 6.45) is 5.38. The van der Waals surface area contributed by atoms with Gasteiger partial charge in [0.15, 0.2) is 0 Å².